The van der Waals surface area contributed by atoms with Crippen molar-refractivity contribution in [3.63, 3.8) is 0 Å². The van der Waals surface area contributed by atoms with Crippen LogP contribution >= 0.6 is 0 Å². The second-order valence-corrected chi connectivity index (χ2v) is 21.2. The molecule has 1 fully saturated rings. The van der Waals surface area contributed by atoms with Gasteiger partial charge in [0.1, 0.15) is 35.7 Å². The lowest BCUT2D eigenvalue weighted by molar-refractivity contribution is -0.135. The summed E-state index contributed by atoms with van der Waals surface area (Å²) in [5.41, 5.74) is 12.0. The summed E-state index contributed by atoms with van der Waals surface area (Å²) >= 11 is 0. The van der Waals surface area contributed by atoms with Gasteiger partial charge in [0.15, 0.2) is 6.23 Å². The van der Waals surface area contributed by atoms with Gasteiger partial charge in [-0.2, -0.15) is 0 Å². The molecule has 2 aliphatic rings. The van der Waals surface area contributed by atoms with E-state index in [2.05, 4.69) is 132 Å². The number of hydrogen-bond donors (Lipinski definition) is 5. The molecule has 5 N–H and O–H groups in total. The van der Waals surface area contributed by atoms with Gasteiger partial charge in [-0.1, -0.05) is 125 Å². The number of likely N-dealkylation sites (tertiary alicyclic amines) is 1. The van der Waals surface area contributed by atoms with E-state index in [0.29, 0.717) is 30.4 Å². The molecule has 5 aromatic carbocycles. The first kappa shape index (κ1) is 54.4. The van der Waals surface area contributed by atoms with Crippen LogP contribution in [0, 0.1) is 11.8 Å². The average Bonchev–Trinajstić information content (AvgIpc) is 4.15. The Morgan fingerprint density at radius 3 is 2.01 bits per heavy atom. The molecule has 1 saturated heterocycles. The Labute approximate surface area is 464 Å². The number of nitrogens with zero attached hydrogens (tertiary/aromatic N) is 4. The van der Waals surface area contributed by atoms with Gasteiger partial charge < -0.3 is 49.6 Å². The van der Waals surface area contributed by atoms with Gasteiger partial charge in [0.05, 0.1) is 61.8 Å². The second kappa shape index (κ2) is 23.5. The summed E-state index contributed by atoms with van der Waals surface area (Å²) in [4.78, 5) is 68.8. The Hall–Kier alpha value is -8.99. The molecule has 0 aliphatic carbocycles. The zero-order valence-corrected chi connectivity index (χ0v) is 45.7. The molecule has 80 heavy (non-hydrogen) atoms. The predicted octanol–water partition coefficient (Wildman–Crippen LogP) is 11.5. The van der Waals surface area contributed by atoms with Gasteiger partial charge in [-0.05, 0) is 88.4 Å². The quantitative estimate of drug-likeness (QED) is 0.0519. The monoisotopic (exact) mass is 1080 g/mol. The fourth-order valence-corrected chi connectivity index (χ4v) is 10.7. The van der Waals surface area contributed by atoms with E-state index in [0.717, 1.165) is 79.8 Å². The fraction of sp³-hybridized carbons (Fsp3) is 0.302. The van der Waals surface area contributed by atoms with Crippen LogP contribution in [0.4, 0.5) is 14.0 Å². The Morgan fingerprint density at radius 1 is 0.738 bits per heavy atom. The van der Waals surface area contributed by atoms with Gasteiger partial charge in [0.2, 0.25) is 11.8 Å². The summed E-state index contributed by atoms with van der Waals surface area (Å²) in [5, 5.41) is 8.79. The van der Waals surface area contributed by atoms with E-state index in [4.69, 9.17) is 14.5 Å². The lowest BCUT2D eigenvalue weighted by atomic mass is 9.99. The zero-order chi connectivity index (χ0) is 56.2. The summed E-state index contributed by atoms with van der Waals surface area (Å²) in [6, 6.07) is 40.2. The molecule has 10 rings (SSSR count). The highest BCUT2D eigenvalue weighted by atomic mass is 19.1. The molecule has 17 heteroatoms. The third kappa shape index (κ3) is 11.6. The van der Waals surface area contributed by atoms with Crippen molar-refractivity contribution >= 4 is 34.9 Å². The van der Waals surface area contributed by atoms with Crippen LogP contribution < -0.4 is 20.7 Å². The van der Waals surface area contributed by atoms with Crippen LogP contribution in [0.1, 0.15) is 70.0 Å². The molecule has 5 atom stereocenters. The third-order valence-electron chi connectivity index (χ3n) is 15.1. The van der Waals surface area contributed by atoms with Crippen LogP contribution in [-0.2, 0) is 31.9 Å². The Bertz CT molecular complexity index is 3550. The molecule has 3 aromatic heterocycles. The number of imidazole rings is 2. The van der Waals surface area contributed by atoms with Crippen LogP contribution in [0.2, 0.25) is 0 Å². The van der Waals surface area contributed by atoms with Gasteiger partial charge in [-0.3, -0.25) is 9.59 Å². The number of benzene rings is 5. The van der Waals surface area contributed by atoms with E-state index in [1.165, 1.54) is 19.8 Å². The molecule has 412 valence electrons. The minimum atomic E-state index is -1.56. The topological polar surface area (TPSA) is 198 Å². The molecule has 5 heterocycles. The molecule has 0 radical (unpaired) electrons. The summed E-state index contributed by atoms with van der Waals surface area (Å²) in [5.74, 6) is 0.790. The van der Waals surface area contributed by atoms with E-state index >= 15 is 4.39 Å². The number of fused-ring (bicyclic) bond motifs is 5. The normalized spacial score (nSPS) is 15.8. The smallest absolute Gasteiger partial charge is 0.407 e. The molecule has 8 aromatic rings. The maximum Gasteiger partial charge on any atom is 0.407 e. The first-order chi connectivity index (χ1) is 38.7. The molecular formula is C63H66FN9O7. The number of halogens is 1. The maximum atomic E-state index is 15.5. The number of amides is 4. The Balaban J connectivity index is 0.907. The summed E-state index contributed by atoms with van der Waals surface area (Å²) in [7, 11) is 2.50. The molecule has 0 saturated carbocycles. The van der Waals surface area contributed by atoms with Gasteiger partial charge >= 0.3 is 12.2 Å². The van der Waals surface area contributed by atoms with Crippen molar-refractivity contribution in [3.05, 3.63) is 163 Å². The minimum Gasteiger partial charge on any atom is -0.469 e. The highest BCUT2D eigenvalue weighted by molar-refractivity contribution is 5.93. The number of aromatic nitrogens is 5. The van der Waals surface area contributed by atoms with Crippen LogP contribution in [0.5, 0.6) is 5.75 Å². The third-order valence-corrected chi connectivity index (χ3v) is 15.1. The molecule has 0 bridgehead atoms. The number of carbonyl (C=O) groups is 4. The number of H-pyrrole nitrogens is 2. The lowest BCUT2D eigenvalue weighted by Crippen LogP contribution is -2.51. The number of methoxy groups -OCH3 is 2. The fourth-order valence-electron chi connectivity index (χ4n) is 10.7. The Kier molecular flexibility index (Phi) is 16.0. The summed E-state index contributed by atoms with van der Waals surface area (Å²) in [6.07, 6.45) is 2.32. The highest BCUT2D eigenvalue weighted by Crippen LogP contribution is 2.45. The van der Waals surface area contributed by atoms with E-state index in [9.17, 15) is 19.2 Å². The first-order valence-corrected chi connectivity index (χ1v) is 27.1. The van der Waals surface area contributed by atoms with E-state index in [1.54, 1.807) is 31.1 Å². The SMILES string of the molecule is C=C(Cc1ncc(-c2ccc3c(c2)cc2n3C(Cc3ccc(-c4ccc(-c5ccccc5)cc4)cc3)Oc3cc(-c4cnc(C5CCCN5C(=O)C(NC(=O)OC)C(C)C)[nH]4)ccc3-2)[nH]1)C(F)CNC(=O)C(NC(=O)OC)C(C)C. The number of aromatic amines is 2. The molecule has 2 aliphatic heterocycles. The highest BCUT2D eigenvalue weighted by Gasteiger charge is 2.38. The zero-order valence-electron chi connectivity index (χ0n) is 45.7. The van der Waals surface area contributed by atoms with Crippen molar-refractivity contribution in [2.75, 3.05) is 27.3 Å². The molecular weight excluding hydrogens is 1010 g/mol. The van der Waals surface area contributed by atoms with E-state index in [-0.39, 0.29) is 42.3 Å². The number of alkyl carbamates (subject to hydrolysis) is 2. The van der Waals surface area contributed by atoms with E-state index in [1.807, 2.05) is 50.2 Å². The van der Waals surface area contributed by atoms with Crippen molar-refractivity contribution in [2.45, 2.75) is 83.9 Å². The second-order valence-electron chi connectivity index (χ2n) is 21.2. The summed E-state index contributed by atoms with van der Waals surface area (Å²) in [6.45, 7) is 11.5. The van der Waals surface area contributed by atoms with Crippen LogP contribution in [0.3, 0.4) is 0 Å². The van der Waals surface area contributed by atoms with Crippen molar-refractivity contribution in [1.82, 2.24) is 45.4 Å². The minimum absolute atomic E-state index is 0.112. The molecule has 4 amide bonds. The molecule has 0 spiro atoms. The van der Waals surface area contributed by atoms with Crippen LogP contribution in [0.15, 0.2) is 146 Å². The van der Waals surface area contributed by atoms with Crippen LogP contribution in [-0.4, -0.2) is 99.0 Å². The van der Waals surface area contributed by atoms with Crippen molar-refractivity contribution in [2.24, 2.45) is 11.8 Å². The van der Waals surface area contributed by atoms with Crippen LogP contribution in [0.25, 0.3) is 66.9 Å². The van der Waals surface area contributed by atoms with Gasteiger partial charge in [0.25, 0.3) is 0 Å². The number of rotatable bonds is 18. The largest absolute Gasteiger partial charge is 0.469 e. The number of carbonyl (C=O) groups excluding carboxylic acids is 4. The van der Waals surface area contributed by atoms with Gasteiger partial charge in [0, 0.05) is 41.5 Å². The average molecular weight is 1080 g/mol. The molecule has 5 unspecified atom stereocenters. The van der Waals surface area contributed by atoms with Gasteiger partial charge in [-0.15, -0.1) is 0 Å². The lowest BCUT2D eigenvalue weighted by Gasteiger charge is -2.30. The standard InChI is InChI=1S/C63H66FN9O7/c1-36(2)57(70-62(76)78-6)60(74)67-33-48(64)38(5)28-55-65-34-49(68-55)44-24-26-51-46(30-44)31-53-47-25-23-45(50-35-66-59(69-50)52-14-11-27-72(52)61(75)58(37(3)4)71-63(77)79-7)32-54(47)80-56(73(51)53)29-39-15-17-41(18-16-39)43-21-19-42(20-22-43)40-12-9-8-10-13-40/h8-10,12-13,15-26,30-32,34-37,48,52,56-58H,5,11,14,27-29,33H2,1-4,6-7H3,(H,65,68)(H,66,69)(H,67,74)(H,70,76)(H,71,77). The number of hydrogen-bond acceptors (Lipinski definition) is 9. The Morgan fingerprint density at radius 2 is 1.34 bits per heavy atom. The van der Waals surface area contributed by atoms with E-state index < -0.39 is 42.6 Å². The molecule has 16 nitrogen and oxygen atoms in total. The predicted molar refractivity (Wildman–Crippen MR) is 306 cm³/mol. The maximum absolute atomic E-state index is 15.5. The van der Waals surface area contributed by atoms with Crippen molar-refractivity contribution in [1.29, 1.82) is 0 Å². The van der Waals surface area contributed by atoms with Gasteiger partial charge in [-0.25, -0.2) is 23.9 Å². The number of nitrogens with one attached hydrogen (secondary N) is 5. The van der Waals surface area contributed by atoms with Crippen molar-refractivity contribution in [3.8, 4) is 61.8 Å². The van der Waals surface area contributed by atoms with Crippen molar-refractivity contribution < 1.29 is 37.8 Å². The first-order valence-electron chi connectivity index (χ1n) is 27.1. The number of ether oxygens (including phenoxy) is 3. The summed E-state index contributed by atoms with van der Waals surface area (Å²) < 4.78 is 34.3. The number of alkyl halides is 1.